The van der Waals surface area contributed by atoms with Gasteiger partial charge in [-0.1, -0.05) is 5.92 Å². The first-order chi connectivity index (χ1) is 5.68. The first-order valence-corrected chi connectivity index (χ1v) is 3.50. The molecule has 0 saturated carbocycles. The maximum absolute atomic E-state index is 10.5. The second-order valence-corrected chi connectivity index (χ2v) is 2.35. The summed E-state index contributed by atoms with van der Waals surface area (Å²) < 4.78 is 0. The van der Waals surface area contributed by atoms with Gasteiger partial charge in [-0.05, 0) is 30.2 Å². The van der Waals surface area contributed by atoms with Crippen LogP contribution in [-0.2, 0) is 4.79 Å². The Morgan fingerprint density at radius 2 is 1.92 bits per heavy atom. The number of hydrogen-bond acceptors (Lipinski definition) is 2. The topological polar surface area (TPSA) is 37.3 Å². The molecule has 0 fully saturated rings. The summed E-state index contributed by atoms with van der Waals surface area (Å²) in [6, 6.07) is 6.38. The summed E-state index contributed by atoms with van der Waals surface area (Å²) in [7, 11) is 0. The minimum atomic E-state index is -0.164. The number of carbonyl (C=O) groups is 1. The number of phenols is 1. The highest BCUT2D eigenvalue weighted by molar-refractivity contribution is 5.93. The number of phenolic OH excluding ortho intramolecular Hbond substituents is 1. The van der Waals surface area contributed by atoms with E-state index in [1.165, 1.54) is 19.1 Å². The van der Waals surface area contributed by atoms with Crippen molar-refractivity contribution in [3.05, 3.63) is 29.8 Å². The summed E-state index contributed by atoms with van der Waals surface area (Å²) in [4.78, 5) is 10.5. The van der Waals surface area contributed by atoms with Crippen molar-refractivity contribution in [3.63, 3.8) is 0 Å². The van der Waals surface area contributed by atoms with E-state index in [9.17, 15) is 4.79 Å². The predicted molar refractivity (Wildman–Crippen MR) is 45.7 cm³/mol. The highest BCUT2D eigenvalue weighted by atomic mass is 16.3. The molecule has 0 saturated heterocycles. The molecular formula is C10H8O2. The lowest BCUT2D eigenvalue weighted by Crippen LogP contribution is -1.81. The molecule has 0 bridgehead atoms. The van der Waals surface area contributed by atoms with E-state index in [4.69, 9.17) is 5.11 Å². The number of ketones is 1. The molecule has 0 aliphatic rings. The maximum atomic E-state index is 10.5. The van der Waals surface area contributed by atoms with Crippen LogP contribution in [0.15, 0.2) is 24.3 Å². The van der Waals surface area contributed by atoms with Crippen molar-refractivity contribution in [1.29, 1.82) is 0 Å². The van der Waals surface area contributed by atoms with Crippen LogP contribution >= 0.6 is 0 Å². The average Bonchev–Trinajstić information content (AvgIpc) is 2.03. The van der Waals surface area contributed by atoms with Crippen LogP contribution < -0.4 is 0 Å². The van der Waals surface area contributed by atoms with E-state index in [-0.39, 0.29) is 11.5 Å². The second kappa shape index (κ2) is 3.59. The van der Waals surface area contributed by atoms with Gasteiger partial charge in [0.2, 0.25) is 5.78 Å². The summed E-state index contributed by atoms with van der Waals surface area (Å²) in [5.41, 5.74) is 0.725. The van der Waals surface area contributed by atoms with E-state index in [1.807, 2.05) is 0 Å². The van der Waals surface area contributed by atoms with Gasteiger partial charge in [0.15, 0.2) is 0 Å². The maximum Gasteiger partial charge on any atom is 0.202 e. The number of Topliss-reactive ketones (excluding diaryl/α,β-unsaturated/α-hetero) is 1. The number of carbonyl (C=O) groups excluding carboxylic acids is 1. The van der Waals surface area contributed by atoms with E-state index in [0.29, 0.717) is 0 Å². The van der Waals surface area contributed by atoms with Crippen molar-refractivity contribution in [3.8, 4) is 17.6 Å². The molecule has 12 heavy (non-hydrogen) atoms. The Labute approximate surface area is 70.8 Å². The Morgan fingerprint density at radius 1 is 1.33 bits per heavy atom. The highest BCUT2D eigenvalue weighted by Crippen LogP contribution is 2.07. The summed E-state index contributed by atoms with van der Waals surface area (Å²) in [5.74, 6) is 5.11. The fraction of sp³-hybridized carbons (Fsp3) is 0.100. The van der Waals surface area contributed by atoms with Gasteiger partial charge in [-0.3, -0.25) is 4.79 Å². The van der Waals surface area contributed by atoms with Crippen LogP contribution in [0.25, 0.3) is 0 Å². The lowest BCUT2D eigenvalue weighted by Gasteiger charge is -1.89. The molecule has 2 heteroatoms. The smallest absolute Gasteiger partial charge is 0.202 e. The van der Waals surface area contributed by atoms with Crippen LogP contribution in [0.4, 0.5) is 0 Å². The molecular weight excluding hydrogens is 152 g/mol. The fourth-order valence-corrected chi connectivity index (χ4v) is 0.705. The van der Waals surface area contributed by atoms with Crippen LogP contribution in [0.1, 0.15) is 12.5 Å². The Hall–Kier alpha value is -1.75. The molecule has 1 N–H and O–H groups in total. The third-order valence-electron chi connectivity index (χ3n) is 1.25. The van der Waals surface area contributed by atoms with Crippen molar-refractivity contribution in [2.75, 3.05) is 0 Å². The highest BCUT2D eigenvalue weighted by Gasteiger charge is 1.87. The molecule has 0 heterocycles. The first-order valence-electron chi connectivity index (χ1n) is 3.50. The SMILES string of the molecule is CC(=O)C#Cc1ccc(O)cc1. The summed E-state index contributed by atoms with van der Waals surface area (Å²) >= 11 is 0. The molecule has 0 spiro atoms. The molecule has 2 nitrogen and oxygen atoms in total. The van der Waals surface area contributed by atoms with Gasteiger partial charge in [0, 0.05) is 12.5 Å². The minimum absolute atomic E-state index is 0.164. The largest absolute Gasteiger partial charge is 0.508 e. The zero-order valence-corrected chi connectivity index (χ0v) is 6.66. The number of benzene rings is 1. The van der Waals surface area contributed by atoms with Gasteiger partial charge in [0.25, 0.3) is 0 Å². The summed E-state index contributed by atoms with van der Waals surface area (Å²) in [6.45, 7) is 1.41. The molecule has 0 unspecified atom stereocenters. The Kier molecular flexibility index (Phi) is 2.49. The van der Waals surface area contributed by atoms with Crippen molar-refractivity contribution in [2.24, 2.45) is 0 Å². The minimum Gasteiger partial charge on any atom is -0.508 e. The summed E-state index contributed by atoms with van der Waals surface area (Å²) in [5, 5.41) is 8.92. The van der Waals surface area contributed by atoms with Crippen LogP contribution in [-0.4, -0.2) is 10.9 Å². The van der Waals surface area contributed by atoms with E-state index in [2.05, 4.69) is 11.8 Å². The molecule has 0 amide bonds. The van der Waals surface area contributed by atoms with Crippen LogP contribution in [0.3, 0.4) is 0 Å². The van der Waals surface area contributed by atoms with E-state index < -0.39 is 0 Å². The van der Waals surface area contributed by atoms with E-state index >= 15 is 0 Å². The van der Waals surface area contributed by atoms with Crippen LogP contribution in [0, 0.1) is 11.8 Å². The molecule has 60 valence electrons. The van der Waals surface area contributed by atoms with Gasteiger partial charge >= 0.3 is 0 Å². The third kappa shape index (κ3) is 2.47. The lowest BCUT2D eigenvalue weighted by atomic mass is 10.2. The molecule has 0 radical (unpaired) electrons. The number of aromatic hydroxyl groups is 1. The molecule has 0 aliphatic carbocycles. The van der Waals surface area contributed by atoms with Crippen LogP contribution in [0.5, 0.6) is 5.75 Å². The molecule has 0 aliphatic heterocycles. The molecule has 1 rings (SSSR count). The standard InChI is InChI=1S/C10H8O2/c1-8(11)2-3-9-4-6-10(12)7-5-9/h4-7,12H,1H3. The quantitative estimate of drug-likeness (QED) is 0.581. The monoisotopic (exact) mass is 160 g/mol. The van der Waals surface area contributed by atoms with E-state index in [0.717, 1.165) is 5.56 Å². The van der Waals surface area contributed by atoms with Crippen LogP contribution in [0.2, 0.25) is 0 Å². The van der Waals surface area contributed by atoms with Crippen molar-refractivity contribution < 1.29 is 9.90 Å². The van der Waals surface area contributed by atoms with Crippen molar-refractivity contribution >= 4 is 5.78 Å². The van der Waals surface area contributed by atoms with Gasteiger partial charge in [0.1, 0.15) is 5.75 Å². The van der Waals surface area contributed by atoms with Gasteiger partial charge in [-0.25, -0.2) is 0 Å². The van der Waals surface area contributed by atoms with Gasteiger partial charge in [0.05, 0.1) is 0 Å². The molecule has 0 atom stereocenters. The summed E-state index contributed by atoms with van der Waals surface area (Å²) in [6.07, 6.45) is 0. The second-order valence-electron chi connectivity index (χ2n) is 2.35. The predicted octanol–water partition coefficient (Wildman–Crippen LogP) is 1.33. The zero-order valence-electron chi connectivity index (χ0n) is 6.66. The first kappa shape index (κ1) is 8.35. The lowest BCUT2D eigenvalue weighted by molar-refractivity contribution is -0.111. The average molecular weight is 160 g/mol. The molecule has 0 aromatic heterocycles. The number of hydrogen-bond donors (Lipinski definition) is 1. The Bertz CT molecular complexity index is 338. The van der Waals surface area contributed by atoms with Gasteiger partial charge in [-0.2, -0.15) is 0 Å². The Morgan fingerprint density at radius 3 is 2.42 bits per heavy atom. The number of rotatable bonds is 0. The van der Waals surface area contributed by atoms with Crippen molar-refractivity contribution in [1.82, 2.24) is 0 Å². The van der Waals surface area contributed by atoms with Gasteiger partial charge < -0.3 is 5.11 Å². The normalized spacial score (nSPS) is 8.42. The van der Waals surface area contributed by atoms with E-state index in [1.54, 1.807) is 12.1 Å². The van der Waals surface area contributed by atoms with Gasteiger partial charge in [-0.15, -0.1) is 0 Å². The Balaban J connectivity index is 2.86. The third-order valence-corrected chi connectivity index (χ3v) is 1.25. The van der Waals surface area contributed by atoms with Crippen molar-refractivity contribution in [2.45, 2.75) is 6.92 Å². The molecule has 1 aromatic rings. The fourth-order valence-electron chi connectivity index (χ4n) is 0.705. The molecule has 1 aromatic carbocycles. The zero-order chi connectivity index (χ0) is 8.97.